The maximum atomic E-state index is 8.58. The monoisotopic (exact) mass is 174 g/mol. The molecule has 0 bridgehead atoms. The van der Waals surface area contributed by atoms with Crippen molar-refractivity contribution in [2.45, 2.75) is 0 Å². The molecule has 0 amide bonds. The van der Waals surface area contributed by atoms with Crippen molar-refractivity contribution >= 4 is 0 Å². The first-order chi connectivity index (χ1) is 1.41. The Morgan fingerprint density at radius 2 is 1.75 bits per heavy atom. The normalized spacial score (nSPS) is 3.25. The van der Waals surface area contributed by atoms with Gasteiger partial charge in [0, 0.05) is 26.2 Å². The van der Waals surface area contributed by atoms with Gasteiger partial charge in [-0.3, -0.25) is 0 Å². The van der Waals surface area contributed by atoms with Gasteiger partial charge in [0.1, 0.15) is 0 Å². The first-order valence-corrected chi connectivity index (χ1v) is 1.58. The van der Waals surface area contributed by atoms with E-state index in [1.807, 2.05) is 0 Å². The average Bonchev–Trinajstić information content (AvgIpc) is 0.918. The molecule has 4 heavy (non-hydrogen) atoms. The molecule has 0 aliphatic heterocycles. The van der Waals surface area contributed by atoms with Crippen LogP contribution in [0.3, 0.4) is 0 Å². The summed E-state index contributed by atoms with van der Waals surface area (Å²) in [6.45, 7) is 0. The summed E-state index contributed by atoms with van der Waals surface area (Å²) in [5.74, 6) is 0. The molecule has 4 heteroatoms. The van der Waals surface area contributed by atoms with Gasteiger partial charge in [0.2, 0.25) is 0 Å². The third-order valence-corrected chi connectivity index (χ3v) is 0. The molecule has 1 N–H and O–H groups in total. The Morgan fingerprint density at radius 3 is 1.75 bits per heavy atom. The summed E-state index contributed by atoms with van der Waals surface area (Å²) in [4.78, 5) is 0. The third kappa shape index (κ3) is 10.6. The summed E-state index contributed by atoms with van der Waals surface area (Å²) in [6, 6.07) is 0. The molecule has 0 aromatic rings. The third-order valence-electron chi connectivity index (χ3n) is 0. The molecule has 0 saturated carbocycles. The van der Waals surface area contributed by atoms with Gasteiger partial charge in [0.25, 0.3) is 0 Å². The van der Waals surface area contributed by atoms with Crippen molar-refractivity contribution in [2.75, 3.05) is 0 Å². The number of rotatable bonds is 0. The van der Waals surface area contributed by atoms with Crippen molar-refractivity contribution in [3.8, 4) is 0 Å². The van der Waals surface area contributed by atoms with Crippen LogP contribution in [0.2, 0.25) is 0 Å². The van der Waals surface area contributed by atoms with E-state index >= 15 is 0 Å². The Balaban J connectivity index is 0. The second kappa shape index (κ2) is 8.88. The van der Waals surface area contributed by atoms with Gasteiger partial charge in [0.05, 0.1) is 0 Å². The molecule has 0 aromatic carbocycles. The van der Waals surface area contributed by atoms with Gasteiger partial charge in [-0.1, -0.05) is 0 Å². The Kier molecular flexibility index (Phi) is 19.9. The standard InChI is InChI=1S/H2O.O.V.Zr/h1H2;;;/q;;+1;/p-1. The fraction of sp³-hybridized carbons (Fsp3) is 0. The molecule has 0 heterocycles. The van der Waals surface area contributed by atoms with Gasteiger partial charge in [0.15, 0.2) is 0 Å². The molecule has 0 fully saturated rings. The van der Waals surface area contributed by atoms with E-state index in [2.05, 4.69) is 0 Å². The zero-order valence-corrected chi connectivity index (χ0v) is 5.66. The second-order valence-electron chi connectivity index (χ2n) is 0.0816. The summed E-state index contributed by atoms with van der Waals surface area (Å²) < 4.78 is 15.7. The van der Waals surface area contributed by atoms with Gasteiger partial charge < -0.3 is 0 Å². The topological polar surface area (TPSA) is 37.3 Å². The molecule has 0 aliphatic carbocycles. The molecule has 0 spiro atoms. The molecule has 22 valence electrons. The van der Waals surface area contributed by atoms with E-state index in [9.17, 15) is 0 Å². The van der Waals surface area contributed by atoms with Gasteiger partial charge in [-0.15, -0.1) is 0 Å². The van der Waals surface area contributed by atoms with Gasteiger partial charge in [-0.25, -0.2) is 0 Å². The van der Waals surface area contributed by atoms with Crippen LogP contribution >= 0.6 is 0 Å². The molecule has 0 aliphatic rings. The molecule has 2 nitrogen and oxygen atoms in total. The molecule has 0 radical (unpaired) electrons. The summed E-state index contributed by atoms with van der Waals surface area (Å²) >= 11 is -1.56. The van der Waals surface area contributed by atoms with Gasteiger partial charge in [-0.05, 0) is 0 Å². The van der Waals surface area contributed by atoms with E-state index in [1.165, 1.54) is 0 Å². The van der Waals surface area contributed by atoms with Crippen molar-refractivity contribution in [1.82, 2.24) is 0 Å². The van der Waals surface area contributed by atoms with Crippen LogP contribution in [0.15, 0.2) is 0 Å². The fourth-order valence-corrected chi connectivity index (χ4v) is 0. The maximum Gasteiger partial charge on any atom is 0 e. The fourth-order valence-electron chi connectivity index (χ4n) is 0. The molecule has 0 aromatic heterocycles. The van der Waals surface area contributed by atoms with E-state index in [4.69, 9.17) is 7.71 Å². The zero-order valence-electron chi connectivity index (χ0n) is 1.80. The minimum absolute atomic E-state index is 0. The van der Waals surface area contributed by atoms with E-state index in [0.717, 1.165) is 0 Å². The quantitative estimate of drug-likeness (QED) is 0.529. The summed E-state index contributed by atoms with van der Waals surface area (Å²) in [5, 5.41) is 0. The minimum atomic E-state index is -1.56. The molecule has 0 unspecified atom stereocenters. The zero-order chi connectivity index (χ0) is 2.71. The van der Waals surface area contributed by atoms with Gasteiger partial charge in [-0.2, -0.15) is 0 Å². The SMILES string of the molecule is [O]=[V][OH].[Zr]. The Hall–Kier alpha value is 1.23. The predicted octanol–water partition coefficient (Wildman–Crippen LogP) is -0.681. The van der Waals surface area contributed by atoms with E-state index < -0.39 is 16.6 Å². The van der Waals surface area contributed by atoms with Crippen LogP contribution in [0.25, 0.3) is 0 Å². The summed E-state index contributed by atoms with van der Waals surface area (Å²) in [6.07, 6.45) is 0. The molecule has 0 atom stereocenters. The molecular weight excluding hydrogens is 174 g/mol. The van der Waals surface area contributed by atoms with Crippen molar-refractivity contribution in [2.24, 2.45) is 0 Å². The van der Waals surface area contributed by atoms with E-state index in [0.29, 0.717) is 0 Å². The second-order valence-corrected chi connectivity index (χ2v) is 0.337. The predicted molar refractivity (Wildman–Crippen MR) is 2.91 cm³/mol. The first-order valence-electron chi connectivity index (χ1n) is 0.383. The van der Waals surface area contributed by atoms with E-state index in [-0.39, 0.29) is 26.2 Å². The Labute approximate surface area is 50.4 Å². The Morgan fingerprint density at radius 1 is 1.75 bits per heavy atom. The number of hydrogen-bond acceptors (Lipinski definition) is 1. The number of hydrogen-bond donors (Lipinski definition) is 1. The van der Waals surface area contributed by atoms with Crippen molar-refractivity contribution in [1.29, 1.82) is 0 Å². The van der Waals surface area contributed by atoms with Gasteiger partial charge >= 0.3 is 24.3 Å². The maximum absolute atomic E-state index is 8.58. The van der Waals surface area contributed by atoms with Crippen LogP contribution in [-0.2, 0) is 46.5 Å². The summed E-state index contributed by atoms with van der Waals surface area (Å²) in [5.41, 5.74) is 0. The largest absolute Gasteiger partial charge is 0 e. The minimum Gasteiger partial charge on any atom is 0 e. The van der Waals surface area contributed by atoms with Crippen LogP contribution in [0, 0.1) is 0 Å². The molecular formula is HO2VZr. The van der Waals surface area contributed by atoms with Crippen LogP contribution in [0.5, 0.6) is 0 Å². The summed E-state index contributed by atoms with van der Waals surface area (Å²) in [7, 11) is 0. The Bertz CT molecular complexity index is 13.5. The average molecular weight is 175 g/mol. The van der Waals surface area contributed by atoms with Crippen molar-refractivity contribution < 1.29 is 50.5 Å². The van der Waals surface area contributed by atoms with Crippen LogP contribution in [0.1, 0.15) is 0 Å². The van der Waals surface area contributed by atoms with Crippen LogP contribution in [0.4, 0.5) is 0 Å². The van der Waals surface area contributed by atoms with E-state index in [1.54, 1.807) is 0 Å². The van der Waals surface area contributed by atoms with Crippen molar-refractivity contribution in [3.63, 3.8) is 0 Å². The molecule has 0 rings (SSSR count). The van der Waals surface area contributed by atoms with Crippen molar-refractivity contribution in [3.05, 3.63) is 0 Å². The van der Waals surface area contributed by atoms with Crippen LogP contribution in [-0.4, -0.2) is 4.03 Å². The van der Waals surface area contributed by atoms with Crippen LogP contribution < -0.4 is 0 Å². The first kappa shape index (κ1) is 8.97. The molecule has 0 saturated heterocycles. The smallest absolute Gasteiger partial charge is 0 e.